The van der Waals surface area contributed by atoms with Gasteiger partial charge in [0.1, 0.15) is 0 Å². The van der Waals surface area contributed by atoms with E-state index in [0.717, 1.165) is 0 Å². The van der Waals surface area contributed by atoms with Crippen LogP contribution in [0, 0.1) is 0 Å². The molecule has 0 radical (unpaired) electrons. The van der Waals surface area contributed by atoms with Crippen LogP contribution in [0.5, 0.6) is 0 Å². The molecule has 1 rings (SSSR count). The van der Waals surface area contributed by atoms with E-state index in [9.17, 15) is 4.79 Å². The zero-order chi connectivity index (χ0) is 10.4. The normalized spacial score (nSPS) is 11.4. The summed E-state index contributed by atoms with van der Waals surface area (Å²) in [7, 11) is 0. The SMILES string of the molecule is [N-]=[N+]=NCC(C(=O)O)c1ccccc1. The lowest BCUT2D eigenvalue weighted by Gasteiger charge is -2.08. The number of hydrogen-bond acceptors (Lipinski definition) is 2. The number of rotatable bonds is 4. The predicted molar refractivity (Wildman–Crippen MR) is 50.8 cm³/mol. The lowest BCUT2D eigenvalue weighted by molar-refractivity contribution is -0.138. The van der Waals surface area contributed by atoms with E-state index in [4.69, 9.17) is 10.6 Å². The Hall–Kier alpha value is -2.00. The van der Waals surface area contributed by atoms with Crippen molar-refractivity contribution in [1.29, 1.82) is 0 Å². The summed E-state index contributed by atoms with van der Waals surface area (Å²) in [5.74, 6) is -1.74. The van der Waals surface area contributed by atoms with Crippen LogP contribution in [0.4, 0.5) is 0 Å². The van der Waals surface area contributed by atoms with Gasteiger partial charge >= 0.3 is 5.97 Å². The van der Waals surface area contributed by atoms with Crippen molar-refractivity contribution in [1.82, 2.24) is 0 Å². The zero-order valence-corrected chi connectivity index (χ0v) is 7.37. The Kier molecular flexibility index (Phi) is 3.52. The average molecular weight is 191 g/mol. The molecule has 5 nitrogen and oxygen atoms in total. The van der Waals surface area contributed by atoms with E-state index in [2.05, 4.69) is 10.0 Å². The molecule has 0 saturated carbocycles. The first-order chi connectivity index (χ1) is 6.75. The molecule has 1 aromatic rings. The largest absolute Gasteiger partial charge is 0.481 e. The van der Waals surface area contributed by atoms with Gasteiger partial charge in [0.2, 0.25) is 0 Å². The molecule has 1 atom stereocenters. The predicted octanol–water partition coefficient (Wildman–Crippen LogP) is 2.17. The number of aliphatic carboxylic acids is 1. The Morgan fingerprint density at radius 2 is 2.14 bits per heavy atom. The molecule has 0 spiro atoms. The third-order valence-electron chi connectivity index (χ3n) is 1.83. The van der Waals surface area contributed by atoms with Crippen LogP contribution in [0.1, 0.15) is 11.5 Å². The molecule has 0 saturated heterocycles. The smallest absolute Gasteiger partial charge is 0.311 e. The van der Waals surface area contributed by atoms with Crippen molar-refractivity contribution in [2.45, 2.75) is 5.92 Å². The minimum Gasteiger partial charge on any atom is -0.481 e. The minimum absolute atomic E-state index is 0.0597. The van der Waals surface area contributed by atoms with Gasteiger partial charge in [0.15, 0.2) is 0 Å². The number of carboxylic acids is 1. The van der Waals surface area contributed by atoms with Crippen LogP contribution < -0.4 is 0 Å². The van der Waals surface area contributed by atoms with Crippen molar-refractivity contribution in [2.24, 2.45) is 5.11 Å². The molecule has 1 unspecified atom stereocenters. The summed E-state index contributed by atoms with van der Waals surface area (Å²) in [6, 6.07) is 8.70. The van der Waals surface area contributed by atoms with Gasteiger partial charge in [-0.3, -0.25) is 4.79 Å². The summed E-state index contributed by atoms with van der Waals surface area (Å²) in [5.41, 5.74) is 8.75. The molecular weight excluding hydrogens is 182 g/mol. The minimum atomic E-state index is -0.983. The Balaban J connectivity index is 2.88. The fourth-order valence-corrected chi connectivity index (χ4v) is 1.13. The summed E-state index contributed by atoms with van der Waals surface area (Å²) in [4.78, 5) is 13.4. The quantitative estimate of drug-likeness (QED) is 0.449. The van der Waals surface area contributed by atoms with Crippen molar-refractivity contribution in [2.75, 3.05) is 6.54 Å². The second-order valence-electron chi connectivity index (χ2n) is 2.71. The van der Waals surface area contributed by atoms with Gasteiger partial charge in [0.05, 0.1) is 5.92 Å². The van der Waals surface area contributed by atoms with Crippen LogP contribution in [0.3, 0.4) is 0 Å². The van der Waals surface area contributed by atoms with E-state index in [1.807, 2.05) is 0 Å². The first kappa shape index (κ1) is 10.1. The van der Waals surface area contributed by atoms with E-state index in [0.29, 0.717) is 5.56 Å². The lowest BCUT2D eigenvalue weighted by atomic mass is 10.00. The van der Waals surface area contributed by atoms with Crippen molar-refractivity contribution in [3.05, 3.63) is 46.3 Å². The molecule has 1 aromatic carbocycles. The van der Waals surface area contributed by atoms with Crippen molar-refractivity contribution >= 4 is 5.97 Å². The molecule has 0 aliphatic rings. The maximum atomic E-state index is 10.8. The number of benzene rings is 1. The Labute approximate surface area is 80.6 Å². The Morgan fingerprint density at radius 3 is 2.64 bits per heavy atom. The van der Waals surface area contributed by atoms with Crippen molar-refractivity contribution < 1.29 is 9.90 Å². The molecular formula is C9H9N3O2. The van der Waals surface area contributed by atoms with Crippen LogP contribution >= 0.6 is 0 Å². The lowest BCUT2D eigenvalue weighted by Crippen LogP contribution is -2.14. The molecule has 0 fully saturated rings. The number of nitrogens with zero attached hydrogens (tertiary/aromatic N) is 3. The van der Waals surface area contributed by atoms with E-state index in [-0.39, 0.29) is 6.54 Å². The third-order valence-corrected chi connectivity index (χ3v) is 1.83. The Morgan fingerprint density at radius 1 is 1.50 bits per heavy atom. The number of azide groups is 1. The molecule has 5 heteroatoms. The molecule has 0 aromatic heterocycles. The van der Waals surface area contributed by atoms with Crippen LogP contribution in [0.2, 0.25) is 0 Å². The highest BCUT2D eigenvalue weighted by Gasteiger charge is 2.17. The number of carboxylic acid groups (broad SMARTS) is 1. The molecule has 0 aliphatic carbocycles. The summed E-state index contributed by atoms with van der Waals surface area (Å²) < 4.78 is 0. The van der Waals surface area contributed by atoms with E-state index in [1.54, 1.807) is 30.3 Å². The van der Waals surface area contributed by atoms with Gasteiger partial charge in [0, 0.05) is 11.5 Å². The highest BCUT2D eigenvalue weighted by molar-refractivity contribution is 5.76. The third kappa shape index (κ3) is 2.50. The fraction of sp³-hybridized carbons (Fsp3) is 0.222. The van der Waals surface area contributed by atoms with Gasteiger partial charge in [-0.25, -0.2) is 0 Å². The second kappa shape index (κ2) is 4.89. The van der Waals surface area contributed by atoms with Gasteiger partial charge < -0.3 is 5.11 Å². The van der Waals surface area contributed by atoms with Gasteiger partial charge in [-0.2, -0.15) is 0 Å². The summed E-state index contributed by atoms with van der Waals surface area (Å²) in [6.07, 6.45) is 0. The molecule has 0 aliphatic heterocycles. The van der Waals surface area contributed by atoms with E-state index >= 15 is 0 Å². The standard InChI is InChI=1S/C9H9N3O2/c10-12-11-6-8(9(13)14)7-4-2-1-3-5-7/h1-5,8H,6H2,(H,13,14). The molecule has 0 bridgehead atoms. The number of carbonyl (C=O) groups is 1. The van der Waals surface area contributed by atoms with Crippen molar-refractivity contribution in [3.8, 4) is 0 Å². The van der Waals surface area contributed by atoms with Gasteiger partial charge in [-0.1, -0.05) is 35.4 Å². The van der Waals surface area contributed by atoms with Crippen LogP contribution in [0.25, 0.3) is 10.4 Å². The second-order valence-corrected chi connectivity index (χ2v) is 2.71. The average Bonchev–Trinajstić information content (AvgIpc) is 2.19. The van der Waals surface area contributed by atoms with Gasteiger partial charge in [-0.05, 0) is 11.1 Å². The van der Waals surface area contributed by atoms with Crippen LogP contribution in [0.15, 0.2) is 35.4 Å². The maximum Gasteiger partial charge on any atom is 0.311 e. The zero-order valence-electron chi connectivity index (χ0n) is 7.37. The summed E-state index contributed by atoms with van der Waals surface area (Å²) in [5, 5.41) is 12.1. The summed E-state index contributed by atoms with van der Waals surface area (Å²) in [6.45, 7) is -0.0597. The van der Waals surface area contributed by atoms with E-state index in [1.165, 1.54) is 0 Å². The fourth-order valence-electron chi connectivity index (χ4n) is 1.13. The number of hydrogen-bond donors (Lipinski definition) is 1. The van der Waals surface area contributed by atoms with Crippen molar-refractivity contribution in [3.63, 3.8) is 0 Å². The van der Waals surface area contributed by atoms with Gasteiger partial charge in [0.25, 0.3) is 0 Å². The maximum absolute atomic E-state index is 10.8. The highest BCUT2D eigenvalue weighted by atomic mass is 16.4. The topological polar surface area (TPSA) is 86.1 Å². The first-order valence-corrected chi connectivity index (χ1v) is 4.04. The van der Waals surface area contributed by atoms with Crippen LogP contribution in [-0.4, -0.2) is 17.6 Å². The highest BCUT2D eigenvalue weighted by Crippen LogP contribution is 2.15. The van der Waals surface area contributed by atoms with E-state index < -0.39 is 11.9 Å². The molecule has 72 valence electrons. The monoisotopic (exact) mass is 191 g/mol. The molecule has 1 N–H and O–H groups in total. The first-order valence-electron chi connectivity index (χ1n) is 4.04. The summed E-state index contributed by atoms with van der Waals surface area (Å²) >= 11 is 0. The Bertz CT molecular complexity index is 358. The molecule has 0 heterocycles. The molecule has 14 heavy (non-hydrogen) atoms. The van der Waals surface area contributed by atoms with Crippen LogP contribution in [-0.2, 0) is 4.79 Å². The van der Waals surface area contributed by atoms with Gasteiger partial charge in [-0.15, -0.1) is 0 Å². The molecule has 0 amide bonds.